The third-order valence-electron chi connectivity index (χ3n) is 3.17. The minimum absolute atomic E-state index is 0.264. The van der Waals surface area contributed by atoms with Gasteiger partial charge in [-0.3, -0.25) is 4.79 Å². The van der Waals surface area contributed by atoms with Crippen LogP contribution < -0.4 is 5.32 Å². The molecule has 0 bridgehead atoms. The number of ether oxygens (including phenoxy) is 1. The van der Waals surface area contributed by atoms with Crippen LogP contribution in [0, 0.1) is 11.3 Å². The molecule has 0 saturated heterocycles. The number of nitrogens with zero attached hydrogens (tertiary/aromatic N) is 1. The van der Waals surface area contributed by atoms with E-state index in [9.17, 15) is 9.59 Å². The van der Waals surface area contributed by atoms with Gasteiger partial charge in [-0.05, 0) is 36.4 Å². The van der Waals surface area contributed by atoms with Crippen LogP contribution in [0.15, 0.2) is 53.4 Å². The molecule has 1 amide bonds. The van der Waals surface area contributed by atoms with E-state index in [1.807, 2.05) is 24.3 Å². The van der Waals surface area contributed by atoms with Crippen molar-refractivity contribution in [3.8, 4) is 6.07 Å². The van der Waals surface area contributed by atoms with Gasteiger partial charge in [-0.25, -0.2) is 4.79 Å². The van der Waals surface area contributed by atoms with Gasteiger partial charge in [0.2, 0.25) is 0 Å². The second kappa shape index (κ2) is 8.75. The van der Waals surface area contributed by atoms with Crippen LogP contribution in [-0.2, 0) is 4.74 Å². The Bertz CT molecular complexity index is 767. The Morgan fingerprint density at radius 2 is 1.79 bits per heavy atom. The number of hydrogen-bond acceptors (Lipinski definition) is 5. The van der Waals surface area contributed by atoms with Crippen molar-refractivity contribution in [1.29, 1.82) is 5.26 Å². The maximum Gasteiger partial charge on any atom is 0.337 e. The number of nitriles is 1. The molecule has 1 N–H and O–H groups in total. The molecule has 0 aliphatic rings. The first-order valence-corrected chi connectivity index (χ1v) is 8.22. The van der Waals surface area contributed by atoms with E-state index in [-0.39, 0.29) is 5.91 Å². The molecule has 0 aromatic heterocycles. The quantitative estimate of drug-likeness (QED) is 0.492. The third-order valence-corrected chi connectivity index (χ3v) is 4.25. The molecular weight excluding hydrogens is 324 g/mol. The number of hydrogen-bond donors (Lipinski definition) is 1. The van der Waals surface area contributed by atoms with Crippen molar-refractivity contribution in [2.45, 2.75) is 11.3 Å². The van der Waals surface area contributed by atoms with Crippen molar-refractivity contribution >= 4 is 29.3 Å². The fourth-order valence-corrected chi connectivity index (χ4v) is 2.84. The Labute approximate surface area is 144 Å². The number of methoxy groups -OCH3 is 1. The van der Waals surface area contributed by atoms with E-state index < -0.39 is 5.97 Å². The van der Waals surface area contributed by atoms with Gasteiger partial charge in [0.15, 0.2) is 0 Å². The van der Waals surface area contributed by atoms with Crippen LogP contribution in [0.2, 0.25) is 0 Å². The number of thioether (sulfide) groups is 1. The Kier molecular flexibility index (Phi) is 6.41. The molecule has 0 fully saturated rings. The van der Waals surface area contributed by atoms with Gasteiger partial charge >= 0.3 is 5.97 Å². The van der Waals surface area contributed by atoms with E-state index in [0.717, 1.165) is 4.90 Å². The molecule has 5 nitrogen and oxygen atoms in total. The van der Waals surface area contributed by atoms with E-state index in [1.54, 1.807) is 24.3 Å². The monoisotopic (exact) mass is 340 g/mol. The number of para-hydroxylation sites is 1. The normalized spacial score (nSPS) is 9.83. The van der Waals surface area contributed by atoms with Crippen molar-refractivity contribution in [2.75, 3.05) is 18.2 Å². The molecule has 6 heteroatoms. The minimum Gasteiger partial charge on any atom is -0.465 e. The number of rotatable bonds is 6. The predicted molar refractivity (Wildman–Crippen MR) is 93.1 cm³/mol. The van der Waals surface area contributed by atoms with E-state index in [0.29, 0.717) is 29.0 Å². The van der Waals surface area contributed by atoms with Crippen LogP contribution in [0.25, 0.3) is 0 Å². The predicted octanol–water partition coefficient (Wildman–Crippen LogP) is 3.73. The number of esters is 1. The zero-order chi connectivity index (χ0) is 17.4. The molecule has 0 unspecified atom stereocenters. The van der Waals surface area contributed by atoms with Crippen molar-refractivity contribution in [2.24, 2.45) is 0 Å². The first kappa shape index (κ1) is 17.6. The van der Waals surface area contributed by atoms with Gasteiger partial charge in [-0.1, -0.05) is 12.1 Å². The van der Waals surface area contributed by atoms with Gasteiger partial charge in [-0.15, -0.1) is 11.8 Å². The summed E-state index contributed by atoms with van der Waals surface area (Å²) in [7, 11) is 1.31. The summed E-state index contributed by atoms with van der Waals surface area (Å²) in [6.45, 7) is 0. The number of anilines is 1. The Morgan fingerprint density at radius 1 is 1.12 bits per heavy atom. The average Bonchev–Trinajstić information content (AvgIpc) is 2.62. The summed E-state index contributed by atoms with van der Waals surface area (Å²) in [6.07, 6.45) is 0.446. The average molecular weight is 340 g/mol. The number of benzene rings is 2. The summed E-state index contributed by atoms with van der Waals surface area (Å²) in [6, 6.07) is 15.8. The van der Waals surface area contributed by atoms with Crippen LogP contribution in [-0.4, -0.2) is 24.7 Å². The SMILES string of the molecule is COC(=O)c1ccc(C(=O)Nc2ccccc2SCCC#N)cc1. The second-order valence-electron chi connectivity index (χ2n) is 4.78. The number of carbonyl (C=O) groups is 2. The summed E-state index contributed by atoms with van der Waals surface area (Å²) in [4.78, 5) is 24.7. The van der Waals surface area contributed by atoms with Crippen LogP contribution in [0.4, 0.5) is 5.69 Å². The topological polar surface area (TPSA) is 79.2 Å². The van der Waals surface area contributed by atoms with Crippen LogP contribution in [0.5, 0.6) is 0 Å². The van der Waals surface area contributed by atoms with Gasteiger partial charge in [0.1, 0.15) is 0 Å². The fraction of sp³-hybridized carbons (Fsp3) is 0.167. The van der Waals surface area contributed by atoms with Gasteiger partial charge in [0, 0.05) is 22.6 Å². The molecule has 0 saturated carbocycles. The highest BCUT2D eigenvalue weighted by Gasteiger charge is 2.11. The molecule has 0 atom stereocenters. The second-order valence-corrected chi connectivity index (χ2v) is 5.91. The van der Waals surface area contributed by atoms with Crippen molar-refractivity contribution in [3.63, 3.8) is 0 Å². The number of amides is 1. The minimum atomic E-state index is -0.443. The smallest absolute Gasteiger partial charge is 0.337 e. The van der Waals surface area contributed by atoms with E-state index in [4.69, 9.17) is 5.26 Å². The van der Waals surface area contributed by atoms with Gasteiger partial charge in [0.05, 0.1) is 24.4 Å². The molecule has 2 rings (SSSR count). The number of carbonyl (C=O) groups excluding carboxylic acids is 2. The Balaban J connectivity index is 2.09. The lowest BCUT2D eigenvalue weighted by Gasteiger charge is -2.10. The van der Waals surface area contributed by atoms with E-state index >= 15 is 0 Å². The lowest BCUT2D eigenvalue weighted by molar-refractivity contribution is 0.0600. The molecule has 0 heterocycles. The zero-order valence-electron chi connectivity index (χ0n) is 13.1. The van der Waals surface area contributed by atoms with E-state index in [2.05, 4.69) is 16.1 Å². The van der Waals surface area contributed by atoms with Gasteiger partial charge in [-0.2, -0.15) is 5.26 Å². The molecule has 0 aliphatic carbocycles. The summed E-state index contributed by atoms with van der Waals surface area (Å²) in [5, 5.41) is 11.5. The highest BCUT2D eigenvalue weighted by atomic mass is 32.2. The summed E-state index contributed by atoms with van der Waals surface area (Å²) < 4.78 is 4.63. The first-order valence-electron chi connectivity index (χ1n) is 7.24. The molecule has 0 spiro atoms. The zero-order valence-corrected chi connectivity index (χ0v) is 13.9. The molecule has 24 heavy (non-hydrogen) atoms. The molecule has 0 aliphatic heterocycles. The molecule has 2 aromatic carbocycles. The van der Waals surface area contributed by atoms with Crippen LogP contribution in [0.3, 0.4) is 0 Å². The first-order chi connectivity index (χ1) is 11.7. The molecule has 2 aromatic rings. The third kappa shape index (κ3) is 4.61. The molecular formula is C18H16N2O3S. The van der Waals surface area contributed by atoms with Crippen molar-refractivity contribution < 1.29 is 14.3 Å². The largest absolute Gasteiger partial charge is 0.465 e. The van der Waals surface area contributed by atoms with Crippen LogP contribution in [0.1, 0.15) is 27.1 Å². The maximum absolute atomic E-state index is 12.4. The van der Waals surface area contributed by atoms with E-state index in [1.165, 1.54) is 18.9 Å². The summed E-state index contributed by atoms with van der Waals surface area (Å²) >= 11 is 1.52. The standard InChI is InChI=1S/C18H16N2O3S/c1-23-18(22)14-9-7-13(8-10-14)17(21)20-15-5-2-3-6-16(15)24-12-4-11-19/h2-3,5-10H,4,12H2,1H3,(H,20,21). The summed E-state index contributed by atoms with van der Waals surface area (Å²) in [5.74, 6) is -0.0436. The Hall–Kier alpha value is -2.78. The lowest BCUT2D eigenvalue weighted by Crippen LogP contribution is -2.13. The highest BCUT2D eigenvalue weighted by Crippen LogP contribution is 2.27. The van der Waals surface area contributed by atoms with Crippen LogP contribution >= 0.6 is 11.8 Å². The number of nitrogens with one attached hydrogen (secondary N) is 1. The van der Waals surface area contributed by atoms with Crippen molar-refractivity contribution in [1.82, 2.24) is 0 Å². The lowest BCUT2D eigenvalue weighted by atomic mass is 10.1. The fourth-order valence-electron chi connectivity index (χ4n) is 1.97. The molecule has 122 valence electrons. The van der Waals surface area contributed by atoms with Crippen molar-refractivity contribution in [3.05, 3.63) is 59.7 Å². The Morgan fingerprint density at radius 3 is 2.46 bits per heavy atom. The highest BCUT2D eigenvalue weighted by molar-refractivity contribution is 7.99. The summed E-state index contributed by atoms with van der Waals surface area (Å²) in [5.41, 5.74) is 1.53. The maximum atomic E-state index is 12.4. The van der Waals surface area contributed by atoms with Gasteiger partial charge < -0.3 is 10.1 Å². The molecule has 0 radical (unpaired) electrons. The van der Waals surface area contributed by atoms with Gasteiger partial charge in [0.25, 0.3) is 5.91 Å².